The van der Waals surface area contributed by atoms with E-state index in [9.17, 15) is 0 Å². The van der Waals surface area contributed by atoms with E-state index in [1.807, 2.05) is 0 Å². The van der Waals surface area contributed by atoms with Gasteiger partial charge in [-0.15, -0.1) is 12.4 Å². The normalized spacial score (nSPS) is 26.3. The van der Waals surface area contributed by atoms with Crippen molar-refractivity contribution in [3.63, 3.8) is 0 Å². The van der Waals surface area contributed by atoms with Gasteiger partial charge in [-0.25, -0.2) is 0 Å². The van der Waals surface area contributed by atoms with Crippen LogP contribution in [0.1, 0.15) is 27.2 Å². The molecule has 1 rings (SSSR count). The predicted molar refractivity (Wildman–Crippen MR) is 43.1 cm³/mol. The highest BCUT2D eigenvalue weighted by atomic mass is 35.5. The molecule has 1 unspecified atom stereocenters. The Bertz CT molecular complexity index is 81.4. The molecule has 0 saturated carbocycles. The molecule has 0 aromatic heterocycles. The fourth-order valence-electron chi connectivity index (χ4n) is 1.03. The highest BCUT2D eigenvalue weighted by Crippen LogP contribution is 2.25. The van der Waals surface area contributed by atoms with Gasteiger partial charge in [-0.3, -0.25) is 0 Å². The van der Waals surface area contributed by atoms with Crippen LogP contribution in [0.5, 0.6) is 0 Å². The lowest BCUT2D eigenvalue weighted by atomic mass is 9.81. The van der Waals surface area contributed by atoms with E-state index in [0.29, 0.717) is 5.41 Å². The lowest BCUT2D eigenvalue weighted by molar-refractivity contribution is 0.193. The van der Waals surface area contributed by atoms with Crippen molar-refractivity contribution in [1.29, 1.82) is 0 Å². The Morgan fingerprint density at radius 3 is 1.78 bits per heavy atom. The third-order valence-corrected chi connectivity index (χ3v) is 1.87. The molecule has 1 nitrogen and oxygen atoms in total. The van der Waals surface area contributed by atoms with Gasteiger partial charge in [0.15, 0.2) is 0 Å². The van der Waals surface area contributed by atoms with Crippen molar-refractivity contribution in [2.24, 2.45) is 5.41 Å². The number of rotatable bonds is 0. The van der Waals surface area contributed by atoms with Crippen molar-refractivity contribution < 1.29 is 0 Å². The highest BCUT2D eigenvalue weighted by molar-refractivity contribution is 5.85. The quantitative estimate of drug-likeness (QED) is 0.554. The zero-order chi connectivity index (χ0) is 6.20. The fraction of sp³-hybridized carbons (Fsp3) is 1.00. The van der Waals surface area contributed by atoms with E-state index >= 15 is 0 Å². The van der Waals surface area contributed by atoms with E-state index in [-0.39, 0.29) is 12.4 Å². The molecular formula is C7H16ClN. The van der Waals surface area contributed by atoms with Gasteiger partial charge in [0.2, 0.25) is 0 Å². The van der Waals surface area contributed by atoms with E-state index in [4.69, 9.17) is 0 Å². The van der Waals surface area contributed by atoms with Gasteiger partial charge in [0, 0.05) is 6.04 Å². The Morgan fingerprint density at radius 2 is 1.78 bits per heavy atom. The first-order valence-electron chi connectivity index (χ1n) is 3.34. The van der Waals surface area contributed by atoms with Gasteiger partial charge in [-0.2, -0.15) is 0 Å². The van der Waals surface area contributed by atoms with Crippen molar-refractivity contribution in [2.45, 2.75) is 33.2 Å². The summed E-state index contributed by atoms with van der Waals surface area (Å²) in [4.78, 5) is 0. The third kappa shape index (κ3) is 2.15. The molecule has 1 aliphatic heterocycles. The molecule has 1 heterocycles. The minimum Gasteiger partial charge on any atom is -0.313 e. The van der Waals surface area contributed by atoms with Crippen LogP contribution in [-0.4, -0.2) is 12.6 Å². The molecule has 0 spiro atoms. The summed E-state index contributed by atoms with van der Waals surface area (Å²) >= 11 is 0. The standard InChI is InChI=1S/C7H15N.ClH/c1-7(2,3)6-4-5-8-6;/h6,8H,4-5H2,1-3H3;1H. The fourth-order valence-corrected chi connectivity index (χ4v) is 1.03. The Balaban J connectivity index is 0.000000640. The maximum Gasteiger partial charge on any atom is 0.0128 e. The second-order valence-electron chi connectivity index (χ2n) is 3.66. The van der Waals surface area contributed by atoms with Crippen LogP contribution in [0.25, 0.3) is 0 Å². The Morgan fingerprint density at radius 1 is 1.33 bits per heavy atom. The first-order valence-corrected chi connectivity index (χ1v) is 3.34. The van der Waals surface area contributed by atoms with Crippen molar-refractivity contribution in [1.82, 2.24) is 5.32 Å². The van der Waals surface area contributed by atoms with Crippen molar-refractivity contribution in [2.75, 3.05) is 6.54 Å². The number of hydrogen-bond donors (Lipinski definition) is 1. The highest BCUT2D eigenvalue weighted by Gasteiger charge is 2.28. The molecule has 1 saturated heterocycles. The van der Waals surface area contributed by atoms with Gasteiger partial charge in [0.25, 0.3) is 0 Å². The minimum atomic E-state index is 0. The summed E-state index contributed by atoms with van der Waals surface area (Å²) in [6, 6.07) is 0.780. The van der Waals surface area contributed by atoms with E-state index in [0.717, 1.165) is 6.04 Å². The number of halogens is 1. The SMILES string of the molecule is CC(C)(C)C1CCN1.Cl. The molecule has 2 heteroatoms. The summed E-state index contributed by atoms with van der Waals surface area (Å²) in [5, 5.41) is 3.39. The van der Waals surface area contributed by atoms with E-state index in [1.54, 1.807) is 0 Å². The van der Waals surface area contributed by atoms with Crippen LogP contribution in [0.2, 0.25) is 0 Å². The van der Waals surface area contributed by atoms with E-state index in [2.05, 4.69) is 26.1 Å². The van der Waals surface area contributed by atoms with Gasteiger partial charge in [0.05, 0.1) is 0 Å². The van der Waals surface area contributed by atoms with Crippen molar-refractivity contribution in [3.8, 4) is 0 Å². The zero-order valence-corrected chi connectivity index (χ0v) is 7.22. The van der Waals surface area contributed by atoms with Crippen LogP contribution < -0.4 is 5.32 Å². The van der Waals surface area contributed by atoms with E-state index < -0.39 is 0 Å². The monoisotopic (exact) mass is 149 g/mol. The lowest BCUT2D eigenvalue weighted by Gasteiger charge is -2.38. The van der Waals surface area contributed by atoms with Gasteiger partial charge >= 0.3 is 0 Å². The van der Waals surface area contributed by atoms with Gasteiger partial charge in [0.1, 0.15) is 0 Å². The van der Waals surface area contributed by atoms with Gasteiger partial charge < -0.3 is 5.32 Å². The molecule has 0 bridgehead atoms. The Labute approximate surface area is 63.6 Å². The summed E-state index contributed by atoms with van der Waals surface area (Å²) < 4.78 is 0. The van der Waals surface area contributed by atoms with Gasteiger partial charge in [-0.1, -0.05) is 20.8 Å². The molecular weight excluding hydrogens is 134 g/mol. The van der Waals surface area contributed by atoms with E-state index in [1.165, 1.54) is 13.0 Å². The summed E-state index contributed by atoms with van der Waals surface area (Å²) in [5.41, 5.74) is 0.484. The smallest absolute Gasteiger partial charge is 0.0128 e. The van der Waals surface area contributed by atoms with Crippen molar-refractivity contribution >= 4 is 12.4 Å². The molecule has 1 fully saturated rings. The maximum atomic E-state index is 3.39. The largest absolute Gasteiger partial charge is 0.313 e. The molecule has 9 heavy (non-hydrogen) atoms. The number of hydrogen-bond acceptors (Lipinski definition) is 1. The Kier molecular flexibility index (Phi) is 2.97. The van der Waals surface area contributed by atoms with Crippen LogP contribution in [-0.2, 0) is 0 Å². The van der Waals surface area contributed by atoms with Crippen LogP contribution in [0.15, 0.2) is 0 Å². The minimum absolute atomic E-state index is 0. The lowest BCUT2D eigenvalue weighted by Crippen LogP contribution is -2.50. The molecule has 0 radical (unpaired) electrons. The summed E-state index contributed by atoms with van der Waals surface area (Å²) in [7, 11) is 0. The second kappa shape index (κ2) is 2.89. The molecule has 0 aromatic carbocycles. The average Bonchev–Trinajstić information content (AvgIpc) is 1.16. The molecule has 0 aromatic rings. The zero-order valence-electron chi connectivity index (χ0n) is 6.40. The van der Waals surface area contributed by atoms with Crippen molar-refractivity contribution in [3.05, 3.63) is 0 Å². The maximum absolute atomic E-state index is 3.39. The molecule has 56 valence electrons. The van der Waals surface area contributed by atoms with Crippen LogP contribution in [0.4, 0.5) is 0 Å². The van der Waals surface area contributed by atoms with Gasteiger partial charge in [-0.05, 0) is 18.4 Å². The number of nitrogens with one attached hydrogen (secondary N) is 1. The molecule has 1 N–H and O–H groups in total. The molecule has 1 atom stereocenters. The van der Waals surface area contributed by atoms with Crippen LogP contribution in [0.3, 0.4) is 0 Å². The predicted octanol–water partition coefficient (Wildman–Crippen LogP) is 1.82. The molecule has 0 aliphatic carbocycles. The summed E-state index contributed by atoms with van der Waals surface area (Å²) in [6.07, 6.45) is 1.36. The topological polar surface area (TPSA) is 12.0 Å². The van der Waals surface area contributed by atoms with Crippen LogP contribution in [0, 0.1) is 5.41 Å². The summed E-state index contributed by atoms with van der Waals surface area (Å²) in [5.74, 6) is 0. The summed E-state index contributed by atoms with van der Waals surface area (Å²) in [6.45, 7) is 8.07. The average molecular weight is 150 g/mol. The Hall–Kier alpha value is 0.250. The second-order valence-corrected chi connectivity index (χ2v) is 3.66. The van der Waals surface area contributed by atoms with Crippen LogP contribution >= 0.6 is 12.4 Å². The molecule has 1 aliphatic rings. The third-order valence-electron chi connectivity index (χ3n) is 1.87. The first kappa shape index (κ1) is 9.25. The first-order chi connectivity index (χ1) is 3.61. The molecule has 0 amide bonds.